The van der Waals surface area contributed by atoms with Gasteiger partial charge in [-0.3, -0.25) is 0 Å². The van der Waals surface area contributed by atoms with Gasteiger partial charge in [0.15, 0.2) is 0 Å². The van der Waals surface area contributed by atoms with Crippen LogP contribution in [0.5, 0.6) is 0 Å². The predicted molar refractivity (Wildman–Crippen MR) is 38.9 cm³/mol. The molecule has 0 aromatic heterocycles. The van der Waals surface area contributed by atoms with E-state index < -0.39 is 0 Å². The first-order chi connectivity index (χ1) is 4.81. The summed E-state index contributed by atoms with van der Waals surface area (Å²) in [7, 11) is 0. The summed E-state index contributed by atoms with van der Waals surface area (Å²) in [6.07, 6.45) is 6.07. The van der Waals surface area contributed by atoms with Crippen LogP contribution in [0.2, 0.25) is 0 Å². The van der Waals surface area contributed by atoms with Crippen molar-refractivity contribution in [3.05, 3.63) is 36.5 Å². The second-order valence-corrected chi connectivity index (χ2v) is 1.71. The van der Waals surface area contributed by atoms with Crippen molar-refractivity contribution in [2.75, 3.05) is 0 Å². The molecule has 0 rings (SSSR count). The Balaban J connectivity index is 3.70. The molecule has 0 amide bonds. The average molecular weight is 144 g/mol. The maximum atomic E-state index is 12.4. The van der Waals surface area contributed by atoms with E-state index in [0.29, 0.717) is 6.33 Å². The number of rotatable bonds is 3. The minimum atomic E-state index is -0.341. The van der Waals surface area contributed by atoms with Crippen LogP contribution in [0.3, 0.4) is 0 Å². The highest BCUT2D eigenvalue weighted by atomic mass is 19.1. The fourth-order valence-corrected chi connectivity index (χ4v) is 0.439. The Kier molecular flexibility index (Phi) is 5.63. The van der Waals surface area contributed by atoms with Crippen molar-refractivity contribution in [2.45, 2.75) is 13.3 Å². The van der Waals surface area contributed by atoms with Crippen molar-refractivity contribution in [2.24, 2.45) is 0 Å². The average Bonchev–Trinajstić information content (AvgIpc) is 1.97. The smallest absolute Gasteiger partial charge is 0.104 e. The molecule has 0 radical (unpaired) electrons. The summed E-state index contributed by atoms with van der Waals surface area (Å²) < 4.78 is 23.6. The SMILES string of the molecule is C/C=C\C/C(F)=C\C=C\F. The Morgan fingerprint density at radius 1 is 1.50 bits per heavy atom. The van der Waals surface area contributed by atoms with Crippen molar-refractivity contribution in [1.29, 1.82) is 0 Å². The third-order valence-corrected chi connectivity index (χ3v) is 0.898. The lowest BCUT2D eigenvalue weighted by Crippen LogP contribution is -1.67. The highest BCUT2D eigenvalue weighted by Crippen LogP contribution is 2.03. The van der Waals surface area contributed by atoms with Gasteiger partial charge < -0.3 is 0 Å². The van der Waals surface area contributed by atoms with Gasteiger partial charge in [0.2, 0.25) is 0 Å². The van der Waals surface area contributed by atoms with Crippen LogP contribution in [0.15, 0.2) is 36.5 Å². The van der Waals surface area contributed by atoms with Crippen LogP contribution >= 0.6 is 0 Å². The summed E-state index contributed by atoms with van der Waals surface area (Å²) in [6, 6.07) is 0. The van der Waals surface area contributed by atoms with Crippen LogP contribution in [-0.2, 0) is 0 Å². The minimum absolute atomic E-state index is 0.237. The van der Waals surface area contributed by atoms with E-state index >= 15 is 0 Å². The van der Waals surface area contributed by atoms with Gasteiger partial charge in [-0.05, 0) is 19.1 Å². The van der Waals surface area contributed by atoms with Gasteiger partial charge in [-0.1, -0.05) is 12.2 Å². The predicted octanol–water partition coefficient (Wildman–Crippen LogP) is 3.29. The fraction of sp³-hybridized carbons (Fsp3) is 0.250. The Bertz CT molecular complexity index is 155. The molecule has 0 heterocycles. The van der Waals surface area contributed by atoms with Gasteiger partial charge >= 0.3 is 0 Å². The monoisotopic (exact) mass is 144 g/mol. The van der Waals surface area contributed by atoms with E-state index in [9.17, 15) is 8.78 Å². The number of allylic oxidation sites excluding steroid dienone is 5. The van der Waals surface area contributed by atoms with Crippen molar-refractivity contribution in [3.63, 3.8) is 0 Å². The van der Waals surface area contributed by atoms with E-state index in [0.717, 1.165) is 12.2 Å². The molecule has 0 atom stereocenters. The zero-order valence-electron chi connectivity index (χ0n) is 5.85. The molecule has 0 saturated carbocycles. The Morgan fingerprint density at radius 3 is 2.70 bits per heavy atom. The molecule has 0 aliphatic rings. The normalized spacial score (nSPS) is 13.7. The Morgan fingerprint density at radius 2 is 2.20 bits per heavy atom. The van der Waals surface area contributed by atoms with Crippen LogP contribution in [0.4, 0.5) is 8.78 Å². The lowest BCUT2D eigenvalue weighted by atomic mass is 10.3. The molecule has 0 nitrogen and oxygen atoms in total. The summed E-state index contributed by atoms with van der Waals surface area (Å²) in [5.41, 5.74) is 0. The fourth-order valence-electron chi connectivity index (χ4n) is 0.439. The lowest BCUT2D eigenvalue weighted by Gasteiger charge is -1.84. The van der Waals surface area contributed by atoms with Gasteiger partial charge in [0.1, 0.15) is 5.83 Å². The summed E-state index contributed by atoms with van der Waals surface area (Å²) in [4.78, 5) is 0. The van der Waals surface area contributed by atoms with E-state index in [1.807, 2.05) is 0 Å². The van der Waals surface area contributed by atoms with Crippen LogP contribution in [0, 0.1) is 0 Å². The molecule has 2 heteroatoms. The van der Waals surface area contributed by atoms with Crippen molar-refractivity contribution >= 4 is 0 Å². The zero-order chi connectivity index (χ0) is 7.82. The molecular weight excluding hydrogens is 134 g/mol. The van der Waals surface area contributed by atoms with Gasteiger partial charge in [0.05, 0.1) is 6.33 Å². The maximum Gasteiger partial charge on any atom is 0.104 e. The largest absolute Gasteiger partial charge is 0.216 e. The minimum Gasteiger partial charge on any atom is -0.216 e. The first-order valence-corrected chi connectivity index (χ1v) is 3.04. The third kappa shape index (κ3) is 5.22. The van der Waals surface area contributed by atoms with E-state index in [1.165, 1.54) is 0 Å². The van der Waals surface area contributed by atoms with E-state index in [2.05, 4.69) is 0 Å². The van der Waals surface area contributed by atoms with Crippen LogP contribution < -0.4 is 0 Å². The van der Waals surface area contributed by atoms with Crippen molar-refractivity contribution in [1.82, 2.24) is 0 Å². The van der Waals surface area contributed by atoms with Crippen LogP contribution in [0.25, 0.3) is 0 Å². The number of hydrogen-bond donors (Lipinski definition) is 0. The molecule has 0 spiro atoms. The van der Waals surface area contributed by atoms with Gasteiger partial charge in [-0.25, -0.2) is 8.78 Å². The molecular formula is C8H10F2. The van der Waals surface area contributed by atoms with Gasteiger partial charge in [-0.15, -0.1) is 0 Å². The molecule has 0 bridgehead atoms. The number of hydrogen-bond acceptors (Lipinski definition) is 0. The van der Waals surface area contributed by atoms with E-state index in [4.69, 9.17) is 0 Å². The summed E-state index contributed by atoms with van der Waals surface area (Å²) in [5, 5.41) is 0. The van der Waals surface area contributed by atoms with Gasteiger partial charge in [-0.2, -0.15) is 0 Å². The molecule has 0 N–H and O–H groups in total. The molecule has 0 saturated heterocycles. The molecule has 0 aromatic rings. The first kappa shape index (κ1) is 9.08. The van der Waals surface area contributed by atoms with E-state index in [-0.39, 0.29) is 12.2 Å². The number of halogens is 2. The second-order valence-electron chi connectivity index (χ2n) is 1.71. The molecule has 0 aliphatic carbocycles. The lowest BCUT2D eigenvalue weighted by molar-refractivity contribution is 0.617. The Hall–Kier alpha value is -0.920. The molecule has 0 aliphatic heterocycles. The Labute approximate surface area is 59.6 Å². The molecule has 0 unspecified atom stereocenters. The standard InChI is InChI=1S/C8H10F2/c1-2-3-5-8(10)6-4-7-9/h2-4,6-7H,5H2,1H3/b3-2-,7-4+,8-6+. The van der Waals surface area contributed by atoms with E-state index in [1.54, 1.807) is 19.1 Å². The van der Waals surface area contributed by atoms with Crippen LogP contribution in [0.1, 0.15) is 13.3 Å². The summed E-state index contributed by atoms with van der Waals surface area (Å²) in [6.45, 7) is 1.80. The summed E-state index contributed by atoms with van der Waals surface area (Å²) >= 11 is 0. The zero-order valence-corrected chi connectivity index (χ0v) is 5.85. The van der Waals surface area contributed by atoms with Crippen molar-refractivity contribution in [3.8, 4) is 0 Å². The topological polar surface area (TPSA) is 0 Å². The first-order valence-electron chi connectivity index (χ1n) is 3.04. The highest BCUT2D eigenvalue weighted by molar-refractivity contribution is 5.07. The van der Waals surface area contributed by atoms with Crippen molar-refractivity contribution < 1.29 is 8.78 Å². The third-order valence-electron chi connectivity index (χ3n) is 0.898. The van der Waals surface area contributed by atoms with Gasteiger partial charge in [0.25, 0.3) is 0 Å². The highest BCUT2D eigenvalue weighted by Gasteiger charge is 1.85. The van der Waals surface area contributed by atoms with Gasteiger partial charge in [0, 0.05) is 6.42 Å². The maximum absolute atomic E-state index is 12.4. The molecule has 0 fully saturated rings. The molecule has 56 valence electrons. The molecule has 0 aromatic carbocycles. The molecule has 10 heavy (non-hydrogen) atoms. The second kappa shape index (κ2) is 6.20. The van der Waals surface area contributed by atoms with Crippen LogP contribution in [-0.4, -0.2) is 0 Å². The summed E-state index contributed by atoms with van der Waals surface area (Å²) in [5.74, 6) is -0.341. The quantitative estimate of drug-likeness (QED) is 0.421.